The molecule has 0 N–H and O–H groups in total. The molecular weight excluding hydrogens is 458 g/mol. The molecule has 1 fully saturated rings. The Morgan fingerprint density at radius 3 is 2.73 bits per heavy atom. The van der Waals surface area contributed by atoms with Crippen LogP contribution in [0.25, 0.3) is 0 Å². The smallest absolute Gasteiger partial charge is 0.237 e. The Morgan fingerprint density at radius 1 is 1.15 bits per heavy atom. The lowest BCUT2D eigenvalue weighted by Gasteiger charge is -2.24. The number of aromatic nitrogens is 3. The number of anilines is 1. The molecule has 2 aromatic carbocycles. The minimum Gasteiger partial charge on any atom is -0.437 e. The van der Waals surface area contributed by atoms with E-state index in [0.29, 0.717) is 10.9 Å². The van der Waals surface area contributed by atoms with Gasteiger partial charge in [-0.25, -0.2) is 9.29 Å². The highest BCUT2D eigenvalue weighted by Crippen LogP contribution is 2.44. The lowest BCUT2D eigenvalue weighted by Crippen LogP contribution is -2.19. The molecule has 0 radical (unpaired) electrons. The van der Waals surface area contributed by atoms with E-state index in [1.54, 1.807) is 30.7 Å². The fraction of sp³-hybridized carbons (Fsp3) is 0.208. The molecule has 1 saturated heterocycles. The molecule has 0 saturated carbocycles. The first-order valence-corrected chi connectivity index (χ1v) is 11.6. The van der Waals surface area contributed by atoms with Gasteiger partial charge in [0.05, 0.1) is 17.9 Å². The zero-order chi connectivity index (χ0) is 22.8. The molecule has 33 heavy (non-hydrogen) atoms. The van der Waals surface area contributed by atoms with Crippen LogP contribution in [0.2, 0.25) is 5.02 Å². The van der Waals surface area contributed by atoms with Crippen molar-refractivity contribution in [2.24, 2.45) is 0 Å². The van der Waals surface area contributed by atoms with Gasteiger partial charge in [0.2, 0.25) is 5.88 Å². The molecule has 1 atom stereocenters. The van der Waals surface area contributed by atoms with E-state index in [1.165, 1.54) is 0 Å². The van der Waals surface area contributed by atoms with Gasteiger partial charge in [-0.3, -0.25) is 9.29 Å². The van der Waals surface area contributed by atoms with E-state index < -0.39 is 0 Å². The second kappa shape index (κ2) is 9.43. The van der Waals surface area contributed by atoms with E-state index in [0.717, 1.165) is 47.1 Å². The highest BCUT2D eigenvalue weighted by atomic mass is 35.5. The number of rotatable bonds is 6. The van der Waals surface area contributed by atoms with Gasteiger partial charge < -0.3 is 9.26 Å². The van der Waals surface area contributed by atoms with Crippen LogP contribution < -0.4 is 9.04 Å². The highest BCUT2D eigenvalue weighted by molar-refractivity contribution is 7.98. The predicted octanol–water partition coefficient (Wildman–Crippen LogP) is 6.15. The number of hydrogen-bond acceptors (Lipinski definition) is 8. The first-order chi connectivity index (χ1) is 16.1. The van der Waals surface area contributed by atoms with Gasteiger partial charge in [0.25, 0.3) is 0 Å². The number of benzene rings is 2. The summed E-state index contributed by atoms with van der Waals surface area (Å²) in [5, 5.41) is 4.82. The summed E-state index contributed by atoms with van der Waals surface area (Å²) in [4.78, 5) is 8.28. The van der Waals surface area contributed by atoms with Crippen molar-refractivity contribution in [1.29, 1.82) is 0 Å². The maximum atomic E-state index is 6.15. The average Bonchev–Trinajstić information content (AvgIpc) is 3.39. The molecule has 1 aliphatic rings. The van der Waals surface area contributed by atoms with Gasteiger partial charge in [-0.1, -0.05) is 28.9 Å². The van der Waals surface area contributed by atoms with Crippen molar-refractivity contribution in [3.05, 3.63) is 94.7 Å². The van der Waals surface area contributed by atoms with Crippen LogP contribution in [0.4, 0.5) is 5.69 Å². The molecule has 7 nitrogen and oxygen atoms in total. The monoisotopic (exact) mass is 479 g/mol. The van der Waals surface area contributed by atoms with E-state index >= 15 is 0 Å². The van der Waals surface area contributed by atoms with Gasteiger partial charge in [-0.05, 0) is 55.8 Å². The molecular formula is C24H22ClN5O2S. The van der Waals surface area contributed by atoms with Crippen LogP contribution >= 0.6 is 23.7 Å². The topological polar surface area (TPSA) is 67.5 Å². The van der Waals surface area contributed by atoms with Crippen molar-refractivity contribution in [3.8, 4) is 11.6 Å². The Bertz CT molecular complexity index is 1220. The van der Waals surface area contributed by atoms with Crippen LogP contribution in [-0.2, 0) is 6.54 Å². The van der Waals surface area contributed by atoms with E-state index in [-0.39, 0.29) is 6.04 Å². The van der Waals surface area contributed by atoms with Crippen molar-refractivity contribution in [2.45, 2.75) is 26.4 Å². The van der Waals surface area contributed by atoms with Gasteiger partial charge in [0.1, 0.15) is 11.5 Å². The van der Waals surface area contributed by atoms with Crippen molar-refractivity contribution in [1.82, 2.24) is 19.4 Å². The summed E-state index contributed by atoms with van der Waals surface area (Å²) in [6, 6.07) is 16.1. The van der Waals surface area contributed by atoms with Crippen LogP contribution in [0.1, 0.15) is 28.6 Å². The minimum atomic E-state index is 0.0991. The van der Waals surface area contributed by atoms with E-state index in [1.807, 2.05) is 50.2 Å². The number of ether oxygens (including phenoxy) is 1. The number of hydrogen-bond donors (Lipinski definition) is 0. The lowest BCUT2D eigenvalue weighted by molar-refractivity contribution is 0.389. The highest BCUT2D eigenvalue weighted by Gasteiger charge is 2.34. The summed E-state index contributed by atoms with van der Waals surface area (Å²) in [5.74, 6) is 2.04. The van der Waals surface area contributed by atoms with E-state index in [4.69, 9.17) is 20.9 Å². The second-order valence-electron chi connectivity index (χ2n) is 7.74. The maximum absolute atomic E-state index is 6.15. The van der Waals surface area contributed by atoms with Gasteiger partial charge in [-0.2, -0.15) is 0 Å². The molecule has 0 bridgehead atoms. The normalized spacial score (nSPS) is 16.3. The van der Waals surface area contributed by atoms with Gasteiger partial charge in [-0.15, -0.1) is 0 Å². The number of halogens is 1. The molecule has 168 valence electrons. The molecule has 2 aromatic heterocycles. The zero-order valence-electron chi connectivity index (χ0n) is 18.2. The summed E-state index contributed by atoms with van der Waals surface area (Å²) < 4.78 is 15.9. The summed E-state index contributed by atoms with van der Waals surface area (Å²) in [6.07, 6.45) is 4.83. The van der Waals surface area contributed by atoms with Crippen molar-refractivity contribution in [3.63, 3.8) is 0 Å². The van der Waals surface area contributed by atoms with Crippen LogP contribution in [0.5, 0.6) is 11.6 Å². The Kier molecular flexibility index (Phi) is 6.22. The van der Waals surface area contributed by atoms with Crippen LogP contribution in [0.3, 0.4) is 0 Å². The lowest BCUT2D eigenvalue weighted by atomic mass is 10.1. The third kappa shape index (κ3) is 4.83. The molecule has 9 heteroatoms. The van der Waals surface area contributed by atoms with Crippen LogP contribution in [-0.4, -0.2) is 26.0 Å². The van der Waals surface area contributed by atoms with E-state index in [9.17, 15) is 0 Å². The first kappa shape index (κ1) is 21.8. The van der Waals surface area contributed by atoms with Crippen molar-refractivity contribution in [2.75, 3.05) is 10.8 Å². The van der Waals surface area contributed by atoms with Crippen molar-refractivity contribution >= 4 is 29.4 Å². The fourth-order valence-electron chi connectivity index (χ4n) is 3.78. The Labute approximate surface area is 201 Å². The molecule has 1 aliphatic heterocycles. The SMILES string of the molecule is Cc1noc(C)c1CN1CC(c2cccc(Oc3cnccn3)c2)N(c2ccc(Cl)cc2)S1. The van der Waals surface area contributed by atoms with Gasteiger partial charge in [0.15, 0.2) is 0 Å². The molecule has 5 rings (SSSR count). The Hall–Kier alpha value is -3.07. The van der Waals surface area contributed by atoms with Gasteiger partial charge in [0, 0.05) is 53.9 Å². The van der Waals surface area contributed by atoms with E-state index in [2.05, 4.69) is 35.9 Å². The van der Waals surface area contributed by atoms with Crippen molar-refractivity contribution < 1.29 is 9.26 Å². The Morgan fingerprint density at radius 2 is 2.00 bits per heavy atom. The minimum absolute atomic E-state index is 0.0991. The van der Waals surface area contributed by atoms with Gasteiger partial charge >= 0.3 is 0 Å². The quantitative estimate of drug-likeness (QED) is 0.305. The third-order valence-electron chi connectivity index (χ3n) is 5.46. The summed E-state index contributed by atoms with van der Waals surface area (Å²) in [6.45, 7) is 5.49. The molecule has 0 spiro atoms. The maximum Gasteiger partial charge on any atom is 0.237 e. The van der Waals surface area contributed by atoms with Crippen LogP contribution in [0, 0.1) is 13.8 Å². The molecule has 4 aromatic rings. The predicted molar refractivity (Wildman–Crippen MR) is 129 cm³/mol. The standard InChI is InChI=1S/C24H22ClN5O2S/c1-16-22(17(2)32-28-16)14-29-15-23(30(33-29)20-8-6-19(25)7-9-20)18-4-3-5-21(12-18)31-24-13-26-10-11-27-24/h3-13,23H,14-15H2,1-2H3. The van der Waals surface area contributed by atoms with Crippen LogP contribution in [0.15, 0.2) is 71.6 Å². The summed E-state index contributed by atoms with van der Waals surface area (Å²) in [5.41, 5.74) is 4.27. The molecule has 3 heterocycles. The zero-order valence-corrected chi connectivity index (χ0v) is 19.8. The molecule has 1 unspecified atom stereocenters. The summed E-state index contributed by atoms with van der Waals surface area (Å²) >= 11 is 7.84. The number of aryl methyl sites for hydroxylation is 2. The second-order valence-corrected chi connectivity index (χ2v) is 9.25. The average molecular weight is 480 g/mol. The first-order valence-electron chi connectivity index (χ1n) is 10.5. The largest absolute Gasteiger partial charge is 0.437 e. The number of nitrogens with zero attached hydrogens (tertiary/aromatic N) is 5. The Balaban J connectivity index is 1.44. The molecule has 0 aliphatic carbocycles. The fourth-order valence-corrected chi connectivity index (χ4v) is 5.07. The summed E-state index contributed by atoms with van der Waals surface area (Å²) in [7, 11) is 0. The third-order valence-corrected chi connectivity index (χ3v) is 6.87. The molecule has 0 amide bonds.